The lowest BCUT2D eigenvalue weighted by Crippen LogP contribution is -2.51. The fraction of sp³-hybridized carbons (Fsp3) is 0.409. The van der Waals surface area contributed by atoms with Crippen molar-refractivity contribution in [2.75, 3.05) is 6.54 Å². The molecule has 148 valence electrons. The maximum atomic E-state index is 12.7. The van der Waals surface area contributed by atoms with Crippen LogP contribution < -0.4 is 10.6 Å². The number of fused-ring (bicyclic) bond motifs is 2. The SMILES string of the molecule is Cc1ccc(C2c3cc(C)ccc3CC3C(NC(=O)C(F)(F)F)NCC23)cc1. The number of rotatable bonds is 2. The Labute approximate surface area is 162 Å². The quantitative estimate of drug-likeness (QED) is 0.821. The summed E-state index contributed by atoms with van der Waals surface area (Å²) in [5, 5.41) is 5.30. The van der Waals surface area contributed by atoms with Crippen molar-refractivity contribution >= 4 is 5.91 Å². The van der Waals surface area contributed by atoms with Crippen molar-refractivity contribution in [2.45, 2.75) is 38.5 Å². The molecule has 2 aliphatic rings. The van der Waals surface area contributed by atoms with Gasteiger partial charge in [-0.3, -0.25) is 10.1 Å². The van der Waals surface area contributed by atoms with Crippen molar-refractivity contribution in [1.29, 1.82) is 0 Å². The first-order valence-corrected chi connectivity index (χ1v) is 9.51. The predicted molar refractivity (Wildman–Crippen MR) is 101 cm³/mol. The average molecular weight is 388 g/mol. The molecule has 2 aromatic carbocycles. The van der Waals surface area contributed by atoms with E-state index in [0.717, 1.165) is 11.1 Å². The van der Waals surface area contributed by atoms with Crippen LogP contribution in [-0.2, 0) is 11.2 Å². The highest BCUT2D eigenvalue weighted by Crippen LogP contribution is 2.46. The summed E-state index contributed by atoms with van der Waals surface area (Å²) < 4.78 is 38.2. The van der Waals surface area contributed by atoms with Crippen LogP contribution in [0.15, 0.2) is 42.5 Å². The van der Waals surface area contributed by atoms with Crippen molar-refractivity contribution < 1.29 is 18.0 Å². The van der Waals surface area contributed by atoms with E-state index >= 15 is 0 Å². The van der Waals surface area contributed by atoms with Gasteiger partial charge in [-0.1, -0.05) is 53.6 Å². The van der Waals surface area contributed by atoms with Gasteiger partial charge >= 0.3 is 12.1 Å². The fourth-order valence-electron chi connectivity index (χ4n) is 4.70. The zero-order valence-corrected chi connectivity index (χ0v) is 15.8. The molecule has 0 radical (unpaired) electrons. The van der Waals surface area contributed by atoms with Crippen molar-refractivity contribution in [1.82, 2.24) is 10.6 Å². The molecule has 1 aliphatic heterocycles. The van der Waals surface area contributed by atoms with Gasteiger partial charge in [-0.05, 0) is 42.9 Å². The third-order valence-corrected chi connectivity index (χ3v) is 6.05. The molecular formula is C22H23F3N2O. The van der Waals surface area contributed by atoms with Crippen LogP contribution in [0, 0.1) is 25.7 Å². The number of amides is 1. The molecule has 28 heavy (non-hydrogen) atoms. The number of carbonyl (C=O) groups excluding carboxylic acids is 1. The minimum Gasteiger partial charge on any atom is -0.333 e. The van der Waals surface area contributed by atoms with E-state index in [4.69, 9.17) is 0 Å². The summed E-state index contributed by atoms with van der Waals surface area (Å²) in [6.07, 6.45) is -4.90. The van der Waals surface area contributed by atoms with Gasteiger partial charge in [-0.15, -0.1) is 0 Å². The topological polar surface area (TPSA) is 41.1 Å². The van der Waals surface area contributed by atoms with Gasteiger partial charge in [0.25, 0.3) is 0 Å². The zero-order valence-electron chi connectivity index (χ0n) is 15.8. The second-order valence-corrected chi connectivity index (χ2v) is 7.98. The molecular weight excluding hydrogens is 365 g/mol. The van der Waals surface area contributed by atoms with E-state index in [9.17, 15) is 18.0 Å². The lowest BCUT2D eigenvalue weighted by Gasteiger charge is -2.37. The molecule has 3 nitrogen and oxygen atoms in total. The van der Waals surface area contributed by atoms with Crippen molar-refractivity contribution in [3.05, 3.63) is 70.3 Å². The summed E-state index contributed by atoms with van der Waals surface area (Å²) in [4.78, 5) is 11.5. The molecule has 1 heterocycles. The molecule has 2 aromatic rings. The van der Waals surface area contributed by atoms with E-state index in [0.29, 0.717) is 13.0 Å². The van der Waals surface area contributed by atoms with Gasteiger partial charge in [0.05, 0.1) is 6.17 Å². The van der Waals surface area contributed by atoms with E-state index in [2.05, 4.69) is 54.0 Å². The number of halogens is 3. The minimum atomic E-state index is -4.88. The summed E-state index contributed by atoms with van der Waals surface area (Å²) in [7, 11) is 0. The van der Waals surface area contributed by atoms with Crippen molar-refractivity contribution in [3.63, 3.8) is 0 Å². The van der Waals surface area contributed by atoms with Gasteiger partial charge in [0.1, 0.15) is 0 Å². The Morgan fingerprint density at radius 3 is 2.39 bits per heavy atom. The highest BCUT2D eigenvalue weighted by atomic mass is 19.4. The summed E-state index contributed by atoms with van der Waals surface area (Å²) in [6, 6.07) is 14.7. The Morgan fingerprint density at radius 2 is 1.71 bits per heavy atom. The molecule has 2 N–H and O–H groups in total. The Balaban J connectivity index is 1.71. The van der Waals surface area contributed by atoms with Crippen LogP contribution in [0.25, 0.3) is 0 Å². The number of nitrogens with one attached hydrogen (secondary N) is 2. The van der Waals surface area contributed by atoms with Crippen LogP contribution >= 0.6 is 0 Å². The Kier molecular flexibility index (Phi) is 4.70. The Hall–Kier alpha value is -2.34. The smallest absolute Gasteiger partial charge is 0.333 e. The molecule has 0 aromatic heterocycles. The third kappa shape index (κ3) is 3.41. The molecule has 0 saturated carbocycles. The average Bonchev–Trinajstić information content (AvgIpc) is 3.02. The highest BCUT2D eigenvalue weighted by molar-refractivity contribution is 5.82. The van der Waals surface area contributed by atoms with E-state index in [1.807, 2.05) is 13.0 Å². The monoisotopic (exact) mass is 388 g/mol. The van der Waals surface area contributed by atoms with E-state index in [1.54, 1.807) is 0 Å². The molecule has 0 bridgehead atoms. The maximum Gasteiger partial charge on any atom is 0.471 e. The second kappa shape index (κ2) is 6.92. The Bertz CT molecular complexity index is 892. The number of aryl methyl sites for hydroxylation is 2. The van der Waals surface area contributed by atoms with Crippen LogP contribution in [0.2, 0.25) is 0 Å². The highest BCUT2D eigenvalue weighted by Gasteiger charge is 2.48. The van der Waals surface area contributed by atoms with Crippen LogP contribution in [0.1, 0.15) is 33.7 Å². The number of alkyl halides is 3. The largest absolute Gasteiger partial charge is 0.471 e. The predicted octanol–water partition coefficient (Wildman–Crippen LogP) is 3.83. The van der Waals surface area contributed by atoms with E-state index in [1.165, 1.54) is 16.7 Å². The number of benzene rings is 2. The summed E-state index contributed by atoms with van der Waals surface area (Å²) >= 11 is 0. The molecule has 6 heteroatoms. The third-order valence-electron chi connectivity index (χ3n) is 6.05. The number of carbonyl (C=O) groups is 1. The molecule has 1 fully saturated rings. The molecule has 4 atom stereocenters. The standard InChI is InChI=1S/C22H23F3N2O/c1-12-3-6-14(7-4-12)19-16-9-13(2)5-8-15(16)10-17-18(19)11-26-20(17)27-21(28)22(23,24)25/h3-9,17-20,26H,10-11H2,1-2H3,(H,27,28). The molecule has 0 spiro atoms. The van der Waals surface area contributed by atoms with Crippen molar-refractivity contribution in [2.24, 2.45) is 11.8 Å². The number of hydrogen-bond acceptors (Lipinski definition) is 2. The second-order valence-electron chi connectivity index (χ2n) is 7.98. The molecule has 1 saturated heterocycles. The van der Waals surface area contributed by atoms with Gasteiger partial charge in [0.15, 0.2) is 0 Å². The fourth-order valence-corrected chi connectivity index (χ4v) is 4.70. The molecule has 4 unspecified atom stereocenters. The van der Waals surface area contributed by atoms with Crippen LogP contribution in [0.4, 0.5) is 13.2 Å². The van der Waals surface area contributed by atoms with Crippen LogP contribution in [-0.4, -0.2) is 24.8 Å². The van der Waals surface area contributed by atoms with Gasteiger partial charge < -0.3 is 5.32 Å². The normalized spacial score (nSPS) is 26.5. The molecule has 4 rings (SSSR count). The lowest BCUT2D eigenvalue weighted by molar-refractivity contribution is -0.174. The zero-order chi connectivity index (χ0) is 20.1. The summed E-state index contributed by atoms with van der Waals surface area (Å²) in [6.45, 7) is 4.66. The summed E-state index contributed by atoms with van der Waals surface area (Å²) in [5.41, 5.74) is 5.89. The van der Waals surface area contributed by atoms with Crippen molar-refractivity contribution in [3.8, 4) is 0 Å². The molecule has 1 aliphatic carbocycles. The van der Waals surface area contributed by atoms with Gasteiger partial charge in [0, 0.05) is 18.4 Å². The van der Waals surface area contributed by atoms with E-state index < -0.39 is 18.2 Å². The first-order chi connectivity index (χ1) is 13.2. The lowest BCUT2D eigenvalue weighted by atomic mass is 9.67. The van der Waals surface area contributed by atoms with Gasteiger partial charge in [-0.25, -0.2) is 0 Å². The van der Waals surface area contributed by atoms with Gasteiger partial charge in [0.2, 0.25) is 0 Å². The first-order valence-electron chi connectivity index (χ1n) is 9.51. The maximum absolute atomic E-state index is 12.7. The molecule has 1 amide bonds. The first kappa shape index (κ1) is 19.0. The number of hydrogen-bond donors (Lipinski definition) is 2. The summed E-state index contributed by atoms with van der Waals surface area (Å²) in [5.74, 6) is -1.76. The minimum absolute atomic E-state index is 0.0900. The van der Waals surface area contributed by atoms with Crippen LogP contribution in [0.5, 0.6) is 0 Å². The Morgan fingerprint density at radius 1 is 1.04 bits per heavy atom. The van der Waals surface area contributed by atoms with Gasteiger partial charge in [-0.2, -0.15) is 13.2 Å². The van der Waals surface area contributed by atoms with Crippen LogP contribution in [0.3, 0.4) is 0 Å². The van der Waals surface area contributed by atoms with E-state index in [-0.39, 0.29) is 17.8 Å².